The van der Waals surface area contributed by atoms with Crippen LogP contribution in [0.5, 0.6) is 0 Å². The molecular formula is C91H162N8O27. The molecule has 7 amide bonds. The highest BCUT2D eigenvalue weighted by Crippen LogP contribution is 2.40. The molecule has 0 saturated carbocycles. The molecule has 126 heavy (non-hydrogen) atoms. The van der Waals surface area contributed by atoms with E-state index < -0.39 is 207 Å². The predicted molar refractivity (Wildman–Crippen MR) is 473 cm³/mol. The van der Waals surface area contributed by atoms with Crippen molar-refractivity contribution in [2.24, 2.45) is 39.9 Å². The van der Waals surface area contributed by atoms with Gasteiger partial charge in [0.15, 0.2) is 25.0 Å². The van der Waals surface area contributed by atoms with E-state index in [1.807, 2.05) is 129 Å². The predicted octanol–water partition coefficient (Wildman–Crippen LogP) is 8.22. The number of aliphatic hydroxyl groups is 4. The minimum atomic E-state index is -1.43. The lowest BCUT2D eigenvalue weighted by Gasteiger charge is -2.41. The van der Waals surface area contributed by atoms with E-state index in [9.17, 15) is 68.4 Å². The number of carbonyl (C=O) groups excluding carboxylic acids is 9. The summed E-state index contributed by atoms with van der Waals surface area (Å²) in [4.78, 5) is 140. The van der Waals surface area contributed by atoms with Gasteiger partial charge >= 0.3 is 30.1 Å². The molecule has 1 aromatic carbocycles. The Morgan fingerprint density at radius 3 is 1.56 bits per heavy atom. The second-order valence-corrected chi connectivity index (χ2v) is 39.4. The van der Waals surface area contributed by atoms with Crippen LogP contribution in [-0.4, -0.2) is 310 Å². The highest BCUT2D eigenvalue weighted by atomic mass is 16.7. The van der Waals surface area contributed by atoms with Gasteiger partial charge in [0.05, 0.1) is 124 Å². The Labute approximate surface area is 749 Å². The standard InChI is InChI=1S/C91H162N8O27/c1-29-58(6)77(98(26)82(111)75(56(2)3)96-81(110)76(57(4)5)97(24)25)68(115-27)43-69(104)99-41-33-36-67(99)78(116-28)60(8)79(108)95-66(42-62-34-31-30-32-35-62)80(109)94-47-59(7)119-83(112)61(9)120-71(107)38-40-93-85(114)117-52-73(124-87(13,14)15)122-64(49-101)45-89(18,19)55-91(22,23)126-74(53-118-84(113)92-39-37-70(105)106)123-65(50-102)46-88(16,17)54-90(20,21)125-72(51-103)121-63(48-100)44-86(10,11)12/h30-32,34-35,56-61,63-68,72-78,100-103H,29,33,36-55H2,1-28H3,(H,92,113)(H,93,114)(H,94,109)(H,95,108)(H,96,110)(H,105,106). The first kappa shape index (κ1) is 115. The van der Waals surface area contributed by atoms with Gasteiger partial charge in [-0.2, -0.15) is 0 Å². The summed E-state index contributed by atoms with van der Waals surface area (Å²) in [6, 6.07) is 5.44. The Bertz CT molecular complexity index is 3440. The number of likely N-dealkylation sites (N-methyl/N-ethyl adjacent to an activating group) is 2. The molecule has 35 heteroatoms. The molecule has 1 aromatic rings. The molecule has 1 aliphatic rings. The highest BCUT2D eigenvalue weighted by molar-refractivity contribution is 5.91. The summed E-state index contributed by atoms with van der Waals surface area (Å²) < 4.78 is 71.8. The number of carboxylic acid groups (broad SMARTS) is 1. The van der Waals surface area contributed by atoms with Gasteiger partial charge in [0.1, 0.15) is 31.4 Å². The summed E-state index contributed by atoms with van der Waals surface area (Å²) in [5.74, 6) is -6.21. The molecule has 1 saturated heterocycles. The Hall–Kier alpha value is -7.00. The van der Waals surface area contributed by atoms with Crippen molar-refractivity contribution in [3.8, 4) is 0 Å². The van der Waals surface area contributed by atoms with Gasteiger partial charge in [0.25, 0.3) is 0 Å². The monoisotopic (exact) mass is 1800 g/mol. The zero-order valence-electron chi connectivity index (χ0n) is 81.0. The molecule has 17 atom stereocenters. The van der Waals surface area contributed by atoms with Gasteiger partial charge in [-0.05, 0) is 161 Å². The number of carbonyl (C=O) groups is 10. The summed E-state index contributed by atoms with van der Waals surface area (Å²) in [6.45, 7) is 39.3. The molecule has 728 valence electrons. The van der Waals surface area contributed by atoms with Crippen LogP contribution in [0.4, 0.5) is 9.59 Å². The van der Waals surface area contributed by atoms with Crippen molar-refractivity contribution in [3.63, 3.8) is 0 Å². The number of hydrogen-bond donors (Lipinski definition) is 10. The van der Waals surface area contributed by atoms with Crippen LogP contribution < -0.4 is 26.6 Å². The molecule has 0 aliphatic carbocycles. The number of esters is 2. The molecule has 0 spiro atoms. The van der Waals surface area contributed by atoms with Gasteiger partial charge in [-0.25, -0.2) is 14.4 Å². The molecule has 17 unspecified atom stereocenters. The van der Waals surface area contributed by atoms with Crippen LogP contribution >= 0.6 is 0 Å². The zero-order valence-corrected chi connectivity index (χ0v) is 81.0. The quantitative estimate of drug-likeness (QED) is 0.0167. The second-order valence-electron chi connectivity index (χ2n) is 39.4. The Kier molecular flexibility index (Phi) is 49.9. The van der Waals surface area contributed by atoms with Crippen molar-refractivity contribution in [1.82, 2.24) is 41.3 Å². The molecule has 0 radical (unpaired) electrons. The van der Waals surface area contributed by atoms with Gasteiger partial charge in [0, 0.05) is 47.3 Å². The van der Waals surface area contributed by atoms with Gasteiger partial charge in [-0.3, -0.25) is 38.5 Å². The molecule has 1 heterocycles. The van der Waals surface area contributed by atoms with E-state index >= 15 is 0 Å². The van der Waals surface area contributed by atoms with Gasteiger partial charge in [-0.1, -0.05) is 134 Å². The average molecular weight is 1800 g/mol. The Morgan fingerprint density at radius 2 is 1.10 bits per heavy atom. The number of aliphatic hydroxyl groups excluding tert-OH is 4. The van der Waals surface area contributed by atoms with Crippen LogP contribution in [0, 0.1) is 39.9 Å². The number of methoxy groups -OCH3 is 2. The summed E-state index contributed by atoms with van der Waals surface area (Å²) >= 11 is 0. The molecule has 0 bridgehead atoms. The summed E-state index contributed by atoms with van der Waals surface area (Å²) in [5.41, 5.74) is -3.60. The number of benzene rings is 1. The number of nitrogens with one attached hydrogen (secondary N) is 5. The van der Waals surface area contributed by atoms with Crippen LogP contribution in [0.2, 0.25) is 0 Å². The number of alkyl carbamates (subject to hydrolysis) is 2. The van der Waals surface area contributed by atoms with E-state index in [4.69, 9.17) is 61.9 Å². The maximum atomic E-state index is 14.7. The summed E-state index contributed by atoms with van der Waals surface area (Å²) in [5, 5.41) is 64.6. The molecule has 1 fully saturated rings. The van der Waals surface area contributed by atoms with E-state index in [1.165, 1.54) is 28.1 Å². The van der Waals surface area contributed by atoms with Crippen LogP contribution in [0.25, 0.3) is 0 Å². The molecule has 2 rings (SSSR count). The molecular weight excluding hydrogens is 1640 g/mol. The fourth-order valence-corrected chi connectivity index (χ4v) is 16.7. The third kappa shape index (κ3) is 43.6. The number of hydrogen-bond acceptors (Lipinski definition) is 27. The van der Waals surface area contributed by atoms with Crippen molar-refractivity contribution in [2.75, 3.05) is 101 Å². The van der Waals surface area contributed by atoms with E-state index in [1.54, 1.807) is 82.7 Å². The third-order valence-electron chi connectivity index (χ3n) is 21.7. The van der Waals surface area contributed by atoms with Crippen molar-refractivity contribution < 1.29 is 130 Å². The second kappa shape index (κ2) is 54.6. The van der Waals surface area contributed by atoms with E-state index in [0.717, 1.165) is 5.56 Å². The van der Waals surface area contributed by atoms with E-state index in [0.29, 0.717) is 38.6 Å². The smallest absolute Gasteiger partial charge is 0.407 e. The Balaban J connectivity index is 2.14. The van der Waals surface area contributed by atoms with Crippen LogP contribution in [0.1, 0.15) is 235 Å². The number of likely N-dealkylation sites (tertiary alicyclic amines) is 1. The fourth-order valence-electron chi connectivity index (χ4n) is 16.7. The van der Waals surface area contributed by atoms with Gasteiger partial charge < -0.3 is 119 Å². The molecule has 35 nitrogen and oxygen atoms in total. The van der Waals surface area contributed by atoms with Crippen molar-refractivity contribution in [2.45, 2.75) is 345 Å². The number of carboxylic acids is 1. The molecule has 10 N–H and O–H groups in total. The first-order valence-corrected chi connectivity index (χ1v) is 44.5. The SMILES string of the molecule is CCC(C)C(C(CC(=O)N1CCCC1C(OC)C(C)C(=O)NC(Cc1ccccc1)C(=O)NCC(C)OC(=O)C(C)OC(=O)CCNC(=O)OCC(OC(CO)CC(C)(C)CC(C)(C)OC(COC(=O)NCCC(=O)O)OC(CO)CC(C)(C)CC(C)(C)OC(CO)OC(CO)CC(C)(C)C)OC(C)(C)C)OC)N(C)C(=O)C(NC(=O)C(C(C)C)N(C)C)C(C)C. The first-order valence-electron chi connectivity index (χ1n) is 44.5. The summed E-state index contributed by atoms with van der Waals surface area (Å²) in [7, 11) is 8.31. The average Bonchev–Trinajstić information content (AvgIpc) is 1.51. The van der Waals surface area contributed by atoms with Crippen LogP contribution in [0.15, 0.2) is 30.3 Å². The minimum absolute atomic E-state index is 0.0240. The lowest BCUT2D eigenvalue weighted by molar-refractivity contribution is -0.255. The number of nitrogens with zero attached hydrogens (tertiary/aromatic N) is 3. The maximum absolute atomic E-state index is 14.7. The van der Waals surface area contributed by atoms with E-state index in [-0.39, 0.29) is 106 Å². The number of rotatable bonds is 60. The van der Waals surface area contributed by atoms with Crippen molar-refractivity contribution in [3.05, 3.63) is 35.9 Å². The van der Waals surface area contributed by atoms with E-state index in [2.05, 4.69) is 26.6 Å². The largest absolute Gasteiger partial charge is 0.481 e. The number of amides is 7. The maximum Gasteiger partial charge on any atom is 0.407 e. The topological polar surface area (TPSA) is 452 Å². The minimum Gasteiger partial charge on any atom is -0.481 e. The lowest BCUT2D eigenvalue weighted by atomic mass is 9.77. The first-order chi connectivity index (χ1) is 58.4. The van der Waals surface area contributed by atoms with Crippen LogP contribution in [-0.2, 0) is 102 Å². The third-order valence-corrected chi connectivity index (χ3v) is 21.7. The molecule has 1 aliphatic heterocycles. The van der Waals surface area contributed by atoms with Crippen molar-refractivity contribution in [1.29, 1.82) is 0 Å². The lowest BCUT2D eigenvalue weighted by Crippen LogP contribution is -2.59. The fraction of sp³-hybridized carbons (Fsp3) is 0.824. The molecule has 0 aromatic heterocycles. The highest BCUT2D eigenvalue weighted by Gasteiger charge is 2.46. The van der Waals surface area contributed by atoms with Crippen molar-refractivity contribution >= 4 is 59.6 Å². The summed E-state index contributed by atoms with van der Waals surface area (Å²) in [6.07, 6.45) is -9.26. The number of ether oxygens (including phenoxy) is 12. The Morgan fingerprint density at radius 1 is 0.587 bits per heavy atom. The number of aliphatic carboxylic acids is 1. The van der Waals surface area contributed by atoms with Crippen LogP contribution in [0.3, 0.4) is 0 Å². The zero-order chi connectivity index (χ0) is 96.2. The normalized spacial score (nSPS) is 17.6. The van der Waals surface area contributed by atoms with Gasteiger partial charge in [0.2, 0.25) is 29.5 Å². The van der Waals surface area contributed by atoms with Gasteiger partial charge in [-0.15, -0.1) is 0 Å².